The predicted octanol–water partition coefficient (Wildman–Crippen LogP) is 3.13. The second-order valence-corrected chi connectivity index (χ2v) is 5.84. The SMILES string of the molecule is CCCNc1nc(CC)nc(NCC(C)(O)CCC)c1C. The molecule has 3 N–H and O–H groups in total. The van der Waals surface area contributed by atoms with E-state index in [1.807, 2.05) is 20.8 Å². The number of nitrogens with one attached hydrogen (secondary N) is 2. The van der Waals surface area contributed by atoms with Crippen LogP contribution in [-0.2, 0) is 6.42 Å². The first-order valence-electron chi connectivity index (χ1n) is 8.01. The molecule has 0 bridgehead atoms. The molecule has 1 atom stereocenters. The lowest BCUT2D eigenvalue weighted by molar-refractivity contribution is 0.0636. The van der Waals surface area contributed by atoms with Gasteiger partial charge < -0.3 is 15.7 Å². The third kappa shape index (κ3) is 5.50. The van der Waals surface area contributed by atoms with Crippen LogP contribution in [0.4, 0.5) is 11.6 Å². The van der Waals surface area contributed by atoms with E-state index in [0.29, 0.717) is 6.54 Å². The van der Waals surface area contributed by atoms with Crippen LogP contribution in [0.1, 0.15) is 58.3 Å². The van der Waals surface area contributed by atoms with Crippen molar-refractivity contribution in [2.24, 2.45) is 0 Å². The summed E-state index contributed by atoms with van der Waals surface area (Å²) in [5.74, 6) is 2.52. The van der Waals surface area contributed by atoms with Crippen LogP contribution in [0, 0.1) is 6.92 Å². The van der Waals surface area contributed by atoms with Gasteiger partial charge >= 0.3 is 0 Å². The summed E-state index contributed by atoms with van der Waals surface area (Å²) in [6, 6.07) is 0. The molecule has 0 aromatic carbocycles. The van der Waals surface area contributed by atoms with Crippen LogP contribution in [0.2, 0.25) is 0 Å². The lowest BCUT2D eigenvalue weighted by Crippen LogP contribution is -2.33. The number of rotatable bonds is 9. The van der Waals surface area contributed by atoms with Crippen LogP contribution in [0.3, 0.4) is 0 Å². The molecule has 1 rings (SSSR count). The van der Waals surface area contributed by atoms with Gasteiger partial charge in [-0.1, -0.05) is 27.2 Å². The van der Waals surface area contributed by atoms with E-state index in [1.165, 1.54) is 0 Å². The van der Waals surface area contributed by atoms with Crippen molar-refractivity contribution in [3.05, 3.63) is 11.4 Å². The summed E-state index contributed by atoms with van der Waals surface area (Å²) in [6.07, 6.45) is 3.58. The van der Waals surface area contributed by atoms with Crippen LogP contribution in [-0.4, -0.2) is 33.8 Å². The molecule has 5 nitrogen and oxygen atoms in total. The lowest BCUT2D eigenvalue weighted by Gasteiger charge is -2.24. The van der Waals surface area contributed by atoms with Crippen molar-refractivity contribution < 1.29 is 5.11 Å². The van der Waals surface area contributed by atoms with Gasteiger partial charge in [0.15, 0.2) is 0 Å². The number of aliphatic hydroxyl groups is 1. The average Bonchev–Trinajstić information content (AvgIpc) is 2.45. The first kappa shape index (κ1) is 17.7. The minimum absolute atomic E-state index is 0.495. The van der Waals surface area contributed by atoms with Gasteiger partial charge in [0, 0.05) is 25.1 Å². The maximum atomic E-state index is 10.3. The Kier molecular flexibility index (Phi) is 6.89. The maximum Gasteiger partial charge on any atom is 0.134 e. The number of nitrogens with zero attached hydrogens (tertiary/aromatic N) is 2. The van der Waals surface area contributed by atoms with Crippen molar-refractivity contribution >= 4 is 11.6 Å². The van der Waals surface area contributed by atoms with Crippen molar-refractivity contribution in [2.75, 3.05) is 23.7 Å². The summed E-state index contributed by atoms with van der Waals surface area (Å²) in [5, 5.41) is 16.9. The molecule has 0 aliphatic carbocycles. The Balaban J connectivity index is 2.89. The maximum absolute atomic E-state index is 10.3. The molecule has 1 aromatic heterocycles. The smallest absolute Gasteiger partial charge is 0.134 e. The number of hydrogen-bond acceptors (Lipinski definition) is 5. The molecule has 0 amide bonds. The van der Waals surface area contributed by atoms with E-state index < -0.39 is 5.60 Å². The number of aryl methyl sites for hydroxylation is 1. The van der Waals surface area contributed by atoms with Crippen LogP contribution in [0.5, 0.6) is 0 Å². The van der Waals surface area contributed by atoms with Crippen LogP contribution in [0.25, 0.3) is 0 Å². The molecule has 120 valence electrons. The van der Waals surface area contributed by atoms with Gasteiger partial charge in [-0.2, -0.15) is 0 Å². The van der Waals surface area contributed by atoms with Gasteiger partial charge in [-0.15, -0.1) is 0 Å². The Labute approximate surface area is 128 Å². The highest BCUT2D eigenvalue weighted by molar-refractivity contribution is 5.57. The Hall–Kier alpha value is -1.36. The topological polar surface area (TPSA) is 70.1 Å². The van der Waals surface area contributed by atoms with E-state index in [1.54, 1.807) is 0 Å². The predicted molar refractivity (Wildman–Crippen MR) is 88.9 cm³/mol. The molecule has 0 spiro atoms. The van der Waals surface area contributed by atoms with E-state index in [0.717, 1.165) is 55.3 Å². The highest BCUT2D eigenvalue weighted by atomic mass is 16.3. The third-order valence-electron chi connectivity index (χ3n) is 3.48. The highest BCUT2D eigenvalue weighted by Gasteiger charge is 2.20. The second kappa shape index (κ2) is 8.17. The molecule has 1 aromatic rings. The fraction of sp³-hybridized carbons (Fsp3) is 0.750. The fourth-order valence-electron chi connectivity index (χ4n) is 2.21. The van der Waals surface area contributed by atoms with Crippen molar-refractivity contribution in [2.45, 2.75) is 65.9 Å². The Morgan fingerprint density at radius 3 is 2.19 bits per heavy atom. The first-order valence-corrected chi connectivity index (χ1v) is 8.01. The van der Waals surface area contributed by atoms with Gasteiger partial charge in [0.1, 0.15) is 17.5 Å². The van der Waals surface area contributed by atoms with E-state index in [-0.39, 0.29) is 0 Å². The standard InChI is InChI=1S/C16H30N4O/c1-6-9-16(5,21)11-18-15-12(4)14(17-10-7-2)19-13(8-3)20-15/h21H,6-11H2,1-5H3,(H2,17,18,19,20). The van der Waals surface area contributed by atoms with Gasteiger partial charge in [-0.25, -0.2) is 9.97 Å². The Morgan fingerprint density at radius 1 is 1.05 bits per heavy atom. The Bertz CT molecular complexity index is 446. The Morgan fingerprint density at radius 2 is 1.67 bits per heavy atom. The zero-order valence-electron chi connectivity index (χ0n) is 14.1. The minimum Gasteiger partial charge on any atom is -0.388 e. The number of anilines is 2. The summed E-state index contributed by atoms with van der Waals surface area (Å²) in [7, 11) is 0. The minimum atomic E-state index is -0.713. The molecule has 21 heavy (non-hydrogen) atoms. The first-order chi connectivity index (χ1) is 9.93. The van der Waals surface area contributed by atoms with Gasteiger partial charge in [0.05, 0.1) is 5.60 Å². The van der Waals surface area contributed by atoms with Gasteiger partial charge in [-0.3, -0.25) is 0 Å². The normalized spacial score (nSPS) is 13.8. The molecule has 0 aliphatic rings. The molecule has 0 aliphatic heterocycles. The average molecular weight is 294 g/mol. The summed E-state index contributed by atoms with van der Waals surface area (Å²) in [5.41, 5.74) is 0.295. The van der Waals surface area contributed by atoms with Crippen molar-refractivity contribution in [3.63, 3.8) is 0 Å². The summed E-state index contributed by atoms with van der Waals surface area (Å²) in [4.78, 5) is 9.09. The van der Waals surface area contributed by atoms with Gasteiger partial charge in [-0.05, 0) is 26.7 Å². The third-order valence-corrected chi connectivity index (χ3v) is 3.48. The van der Waals surface area contributed by atoms with Crippen LogP contribution >= 0.6 is 0 Å². The van der Waals surface area contributed by atoms with Gasteiger partial charge in [0.2, 0.25) is 0 Å². The highest BCUT2D eigenvalue weighted by Crippen LogP contribution is 2.22. The largest absolute Gasteiger partial charge is 0.388 e. The zero-order valence-corrected chi connectivity index (χ0v) is 14.1. The molecule has 1 heterocycles. The molecule has 1 unspecified atom stereocenters. The monoisotopic (exact) mass is 294 g/mol. The van der Waals surface area contributed by atoms with Gasteiger partial charge in [0.25, 0.3) is 0 Å². The summed E-state index contributed by atoms with van der Waals surface area (Å²) >= 11 is 0. The molecule has 5 heteroatoms. The van der Waals surface area contributed by atoms with E-state index in [2.05, 4.69) is 34.4 Å². The van der Waals surface area contributed by atoms with E-state index in [4.69, 9.17) is 0 Å². The second-order valence-electron chi connectivity index (χ2n) is 5.84. The quantitative estimate of drug-likeness (QED) is 0.653. The van der Waals surface area contributed by atoms with Crippen molar-refractivity contribution in [1.29, 1.82) is 0 Å². The van der Waals surface area contributed by atoms with Crippen LogP contribution in [0.15, 0.2) is 0 Å². The molecule has 0 radical (unpaired) electrons. The number of hydrogen-bond donors (Lipinski definition) is 3. The molecule has 0 fully saturated rings. The molecular formula is C16H30N4O. The fourth-order valence-corrected chi connectivity index (χ4v) is 2.21. The zero-order chi connectivity index (χ0) is 15.9. The molecular weight excluding hydrogens is 264 g/mol. The van der Waals surface area contributed by atoms with E-state index in [9.17, 15) is 5.11 Å². The lowest BCUT2D eigenvalue weighted by atomic mass is 10.0. The van der Waals surface area contributed by atoms with Crippen molar-refractivity contribution in [3.8, 4) is 0 Å². The molecule has 0 saturated heterocycles. The van der Waals surface area contributed by atoms with Crippen LogP contribution < -0.4 is 10.6 Å². The van der Waals surface area contributed by atoms with Crippen molar-refractivity contribution in [1.82, 2.24) is 9.97 Å². The summed E-state index contributed by atoms with van der Waals surface area (Å²) < 4.78 is 0. The summed E-state index contributed by atoms with van der Waals surface area (Å²) in [6.45, 7) is 11.5. The number of aromatic nitrogens is 2. The molecule has 0 saturated carbocycles. The van der Waals surface area contributed by atoms with E-state index >= 15 is 0 Å².